The summed E-state index contributed by atoms with van der Waals surface area (Å²) in [5, 5.41) is 41.9. The average Bonchev–Trinajstić information content (AvgIpc) is 3.15. The molecule has 1 aliphatic carbocycles. The molecule has 0 bridgehead atoms. The molecule has 1 aliphatic heterocycles. The van der Waals surface area contributed by atoms with E-state index in [1.165, 1.54) is 0 Å². The van der Waals surface area contributed by atoms with Crippen LogP contribution in [0.3, 0.4) is 0 Å². The van der Waals surface area contributed by atoms with Crippen molar-refractivity contribution >= 4 is 11.9 Å². The van der Waals surface area contributed by atoms with E-state index in [0.717, 1.165) is 22.3 Å². The first-order valence-electron chi connectivity index (χ1n) is 10.5. The van der Waals surface area contributed by atoms with Crippen molar-refractivity contribution < 1.29 is 39.5 Å². The Morgan fingerprint density at radius 1 is 1.03 bits per heavy atom. The van der Waals surface area contributed by atoms with Crippen LogP contribution in [0.2, 0.25) is 0 Å². The molecule has 33 heavy (non-hydrogen) atoms. The summed E-state index contributed by atoms with van der Waals surface area (Å²) in [6.07, 6.45) is -5.63. The maximum absolute atomic E-state index is 12.5. The van der Waals surface area contributed by atoms with Crippen LogP contribution in [0.5, 0.6) is 0 Å². The van der Waals surface area contributed by atoms with Crippen LogP contribution in [-0.4, -0.2) is 82.2 Å². The van der Waals surface area contributed by atoms with Crippen molar-refractivity contribution in [1.82, 2.24) is 5.32 Å². The van der Waals surface area contributed by atoms with Crippen LogP contribution in [0.4, 0.5) is 4.79 Å². The molecular formula is C23H26N2O8. The van der Waals surface area contributed by atoms with Crippen molar-refractivity contribution in [3.8, 4) is 11.1 Å². The Hall–Kier alpha value is -2.86. The van der Waals surface area contributed by atoms with E-state index in [9.17, 15) is 30.0 Å². The molecule has 7 N–H and O–H groups in total. The molecule has 1 saturated heterocycles. The van der Waals surface area contributed by atoms with Crippen LogP contribution >= 0.6 is 0 Å². The van der Waals surface area contributed by atoms with Crippen molar-refractivity contribution in [1.29, 1.82) is 0 Å². The number of ether oxygens (including phenoxy) is 2. The Labute approximate surface area is 189 Å². The minimum absolute atomic E-state index is 0.0336. The van der Waals surface area contributed by atoms with Gasteiger partial charge in [0.15, 0.2) is 0 Å². The maximum Gasteiger partial charge on any atom is 0.407 e. The standard InChI is InChI=1S/C23H26N2O8/c24-21-20(29)19(28)17(10-26)33-23(21,31)18(27)9-25-22(30)32-11-16-14-7-3-1-5-12(14)13-6-2-4-8-15(13)16/h1-8,16-17,19-21,26,28-29,31H,9-11,24H2,(H,25,30)/t17-,19-,20+,21+,23?/m1/s1. The van der Waals surface area contributed by atoms with E-state index in [1.807, 2.05) is 48.5 Å². The van der Waals surface area contributed by atoms with Gasteiger partial charge in [-0.3, -0.25) is 4.79 Å². The molecule has 1 unspecified atom stereocenters. The van der Waals surface area contributed by atoms with Gasteiger partial charge in [0.2, 0.25) is 11.6 Å². The maximum atomic E-state index is 12.5. The Kier molecular flexibility index (Phi) is 6.48. The normalized spacial score (nSPS) is 28.6. The lowest BCUT2D eigenvalue weighted by Gasteiger charge is -2.45. The van der Waals surface area contributed by atoms with Gasteiger partial charge < -0.3 is 41.0 Å². The lowest BCUT2D eigenvalue weighted by molar-refractivity contribution is -0.297. The number of benzene rings is 2. The van der Waals surface area contributed by atoms with Gasteiger partial charge in [-0.05, 0) is 22.3 Å². The van der Waals surface area contributed by atoms with Gasteiger partial charge in [-0.25, -0.2) is 4.79 Å². The fraction of sp³-hybridized carbons (Fsp3) is 0.391. The Bertz CT molecular complexity index is 999. The average molecular weight is 458 g/mol. The quantitative estimate of drug-likeness (QED) is 0.325. The minimum atomic E-state index is -2.71. The number of Topliss-reactive ketones (excluding diaryl/α,β-unsaturated/α-hetero) is 1. The second-order valence-corrected chi connectivity index (χ2v) is 8.14. The highest BCUT2D eigenvalue weighted by atomic mass is 16.7. The number of hydrogen-bond donors (Lipinski definition) is 6. The van der Waals surface area contributed by atoms with Crippen molar-refractivity contribution in [2.24, 2.45) is 5.73 Å². The molecule has 2 aromatic carbocycles. The van der Waals surface area contributed by atoms with Gasteiger partial charge in [-0.1, -0.05) is 48.5 Å². The number of amides is 1. The largest absolute Gasteiger partial charge is 0.449 e. The molecule has 1 heterocycles. The molecular weight excluding hydrogens is 432 g/mol. The van der Waals surface area contributed by atoms with Gasteiger partial charge in [0.25, 0.3) is 0 Å². The van der Waals surface area contributed by atoms with Gasteiger partial charge >= 0.3 is 6.09 Å². The van der Waals surface area contributed by atoms with Crippen molar-refractivity contribution in [2.45, 2.75) is 36.1 Å². The molecule has 2 aliphatic rings. The van der Waals surface area contributed by atoms with Gasteiger partial charge in [0, 0.05) is 5.92 Å². The molecule has 0 saturated carbocycles. The highest BCUT2D eigenvalue weighted by Crippen LogP contribution is 2.44. The topological polar surface area (TPSA) is 172 Å². The smallest absolute Gasteiger partial charge is 0.407 e. The lowest BCUT2D eigenvalue weighted by atomic mass is 9.88. The SMILES string of the molecule is N[C@H]1[C@@H](O)[C@H](O)[C@@H](CO)OC1(O)C(=O)CNC(=O)OCC1c2ccccc2-c2ccccc21. The number of carbonyl (C=O) groups excluding carboxylic acids is 2. The lowest BCUT2D eigenvalue weighted by Crippen LogP contribution is -2.72. The zero-order valence-electron chi connectivity index (χ0n) is 17.6. The van der Waals surface area contributed by atoms with E-state index in [0.29, 0.717) is 0 Å². The predicted octanol–water partition coefficient (Wildman–Crippen LogP) is -0.777. The molecule has 1 fully saturated rings. The summed E-state index contributed by atoms with van der Waals surface area (Å²) in [4.78, 5) is 24.8. The van der Waals surface area contributed by atoms with E-state index in [1.54, 1.807) is 0 Å². The first-order valence-corrected chi connectivity index (χ1v) is 10.5. The summed E-state index contributed by atoms with van der Waals surface area (Å²) in [5.41, 5.74) is 9.87. The molecule has 2 aromatic rings. The van der Waals surface area contributed by atoms with Crippen LogP contribution in [0, 0.1) is 0 Å². The van der Waals surface area contributed by atoms with Crippen LogP contribution < -0.4 is 11.1 Å². The molecule has 10 heteroatoms. The number of fused-ring (bicyclic) bond motifs is 3. The predicted molar refractivity (Wildman–Crippen MR) is 115 cm³/mol. The second kappa shape index (κ2) is 9.18. The highest BCUT2D eigenvalue weighted by molar-refractivity contribution is 5.90. The summed E-state index contributed by atoms with van der Waals surface area (Å²) in [6.45, 7) is -1.44. The van der Waals surface area contributed by atoms with E-state index in [-0.39, 0.29) is 12.5 Å². The number of rotatable bonds is 6. The summed E-state index contributed by atoms with van der Waals surface area (Å²) in [6, 6.07) is 14.0. The molecule has 1 amide bonds. The van der Waals surface area contributed by atoms with Crippen LogP contribution in [0.15, 0.2) is 48.5 Å². The molecule has 0 spiro atoms. The van der Waals surface area contributed by atoms with Crippen molar-refractivity contribution in [2.75, 3.05) is 19.8 Å². The van der Waals surface area contributed by atoms with Crippen LogP contribution in [0.1, 0.15) is 17.0 Å². The van der Waals surface area contributed by atoms with E-state index < -0.39 is 55.2 Å². The van der Waals surface area contributed by atoms with Gasteiger partial charge in [-0.15, -0.1) is 0 Å². The number of ketones is 1. The second-order valence-electron chi connectivity index (χ2n) is 8.14. The zero-order valence-corrected chi connectivity index (χ0v) is 17.6. The first kappa shape index (κ1) is 23.3. The summed E-state index contributed by atoms with van der Waals surface area (Å²) >= 11 is 0. The van der Waals surface area contributed by atoms with Crippen molar-refractivity contribution in [3.63, 3.8) is 0 Å². The fourth-order valence-electron chi connectivity index (χ4n) is 4.37. The first-order chi connectivity index (χ1) is 15.8. The molecule has 0 radical (unpaired) electrons. The number of nitrogens with one attached hydrogen (secondary N) is 1. The van der Waals surface area contributed by atoms with Gasteiger partial charge in [0.1, 0.15) is 24.9 Å². The number of hydrogen-bond acceptors (Lipinski definition) is 9. The summed E-state index contributed by atoms with van der Waals surface area (Å²) in [7, 11) is 0. The molecule has 0 aromatic heterocycles. The van der Waals surface area contributed by atoms with E-state index in [2.05, 4.69) is 5.32 Å². The van der Waals surface area contributed by atoms with Crippen LogP contribution in [-0.2, 0) is 14.3 Å². The van der Waals surface area contributed by atoms with Gasteiger partial charge in [-0.2, -0.15) is 0 Å². The minimum Gasteiger partial charge on any atom is -0.449 e. The summed E-state index contributed by atoms with van der Waals surface area (Å²) < 4.78 is 10.4. The number of aliphatic hydroxyl groups excluding tert-OH is 3. The van der Waals surface area contributed by atoms with Crippen molar-refractivity contribution in [3.05, 3.63) is 59.7 Å². The Morgan fingerprint density at radius 2 is 1.61 bits per heavy atom. The third-order valence-electron chi connectivity index (χ3n) is 6.20. The van der Waals surface area contributed by atoms with E-state index >= 15 is 0 Å². The third kappa shape index (κ3) is 4.12. The highest BCUT2D eigenvalue weighted by Gasteiger charge is 2.55. The molecule has 4 rings (SSSR count). The number of alkyl carbamates (subject to hydrolysis) is 1. The monoisotopic (exact) mass is 458 g/mol. The Balaban J connectivity index is 1.37. The molecule has 10 nitrogen and oxygen atoms in total. The Morgan fingerprint density at radius 3 is 2.18 bits per heavy atom. The van der Waals surface area contributed by atoms with Gasteiger partial charge in [0.05, 0.1) is 19.2 Å². The summed E-state index contributed by atoms with van der Waals surface area (Å²) in [5.74, 6) is -3.93. The molecule has 176 valence electrons. The number of nitrogens with two attached hydrogens (primary N) is 1. The third-order valence-corrected chi connectivity index (χ3v) is 6.20. The number of carbonyl (C=O) groups is 2. The number of aliphatic hydroxyl groups is 4. The molecule has 5 atom stereocenters. The zero-order chi connectivity index (χ0) is 23.8. The fourth-order valence-corrected chi connectivity index (χ4v) is 4.37. The van der Waals surface area contributed by atoms with E-state index in [4.69, 9.17) is 15.2 Å². The van der Waals surface area contributed by atoms with Crippen LogP contribution in [0.25, 0.3) is 11.1 Å².